The Hall–Kier alpha value is -1.55. The number of hydrogen-bond acceptors (Lipinski definition) is 4. The van der Waals surface area contributed by atoms with Crippen molar-refractivity contribution in [1.82, 2.24) is 0 Å². The quantitative estimate of drug-likeness (QED) is 0.588. The van der Waals surface area contributed by atoms with Crippen molar-refractivity contribution >= 4 is 23.0 Å². The van der Waals surface area contributed by atoms with Crippen molar-refractivity contribution in [2.75, 3.05) is 7.11 Å². The molecule has 1 rings (SSSR count). The summed E-state index contributed by atoms with van der Waals surface area (Å²) in [7, 11) is 1.16. The topological polar surface area (TPSA) is 52.6 Å². The number of methoxy groups -OCH3 is 1. The highest BCUT2D eigenvalue weighted by Gasteiger charge is 2.23. The maximum atomic E-state index is 11.0. The molecule has 80 valence electrons. The van der Waals surface area contributed by atoms with E-state index in [-0.39, 0.29) is 0 Å². The molecule has 0 fully saturated rings. The van der Waals surface area contributed by atoms with Gasteiger partial charge in [0.05, 0.1) is 7.11 Å². The van der Waals surface area contributed by atoms with E-state index < -0.39 is 17.5 Å². The molecular formula is C10H9ClO4. The van der Waals surface area contributed by atoms with Gasteiger partial charge in [0.1, 0.15) is 0 Å². The van der Waals surface area contributed by atoms with Crippen LogP contribution in [-0.2, 0) is 14.3 Å². The summed E-state index contributed by atoms with van der Waals surface area (Å²) in [5.41, 5.74) is 0.503. The SMILES string of the molecule is COC(=O)O[C@@H](C(=O)Cl)c1ccccc1. The van der Waals surface area contributed by atoms with Crippen molar-refractivity contribution in [3.05, 3.63) is 35.9 Å². The van der Waals surface area contributed by atoms with Crippen LogP contribution in [0.25, 0.3) is 0 Å². The van der Waals surface area contributed by atoms with Gasteiger partial charge in [-0.05, 0) is 11.6 Å². The summed E-state index contributed by atoms with van der Waals surface area (Å²) in [4.78, 5) is 21.9. The number of hydrogen-bond donors (Lipinski definition) is 0. The smallest absolute Gasteiger partial charge is 0.438 e. The Balaban J connectivity index is 2.84. The standard InChI is InChI=1S/C10H9ClO4/c1-14-10(13)15-8(9(11)12)7-5-3-2-4-6-7/h2-6,8H,1H3/t8-/m1/s1. The Morgan fingerprint density at radius 1 is 1.27 bits per heavy atom. The van der Waals surface area contributed by atoms with E-state index in [1.165, 1.54) is 0 Å². The summed E-state index contributed by atoms with van der Waals surface area (Å²) >= 11 is 5.31. The lowest BCUT2D eigenvalue weighted by atomic mass is 10.1. The summed E-state index contributed by atoms with van der Waals surface area (Å²) in [5.74, 6) is 0. The van der Waals surface area contributed by atoms with E-state index in [2.05, 4.69) is 4.74 Å². The lowest BCUT2D eigenvalue weighted by Gasteiger charge is -2.12. The second-order valence-corrected chi connectivity index (χ2v) is 3.04. The molecule has 1 aromatic carbocycles. The zero-order chi connectivity index (χ0) is 11.3. The van der Waals surface area contributed by atoms with E-state index in [1.807, 2.05) is 0 Å². The average molecular weight is 229 g/mol. The first-order valence-corrected chi connectivity index (χ1v) is 4.52. The van der Waals surface area contributed by atoms with Crippen LogP contribution in [0, 0.1) is 0 Å². The van der Waals surface area contributed by atoms with E-state index in [1.54, 1.807) is 30.3 Å². The number of rotatable bonds is 3. The molecule has 4 nitrogen and oxygen atoms in total. The maximum absolute atomic E-state index is 11.0. The van der Waals surface area contributed by atoms with Gasteiger partial charge in [0, 0.05) is 5.56 Å². The van der Waals surface area contributed by atoms with Crippen molar-refractivity contribution in [3.63, 3.8) is 0 Å². The summed E-state index contributed by atoms with van der Waals surface area (Å²) in [6, 6.07) is 8.46. The van der Waals surface area contributed by atoms with Crippen molar-refractivity contribution in [3.8, 4) is 0 Å². The highest BCUT2D eigenvalue weighted by Crippen LogP contribution is 2.20. The number of ether oxygens (including phenoxy) is 2. The van der Waals surface area contributed by atoms with Gasteiger partial charge in [-0.1, -0.05) is 30.3 Å². The molecule has 0 bridgehead atoms. The van der Waals surface area contributed by atoms with E-state index in [4.69, 9.17) is 16.3 Å². The molecular weight excluding hydrogens is 220 g/mol. The van der Waals surface area contributed by atoms with E-state index in [0.29, 0.717) is 5.56 Å². The molecule has 0 aromatic heterocycles. The van der Waals surface area contributed by atoms with Gasteiger partial charge in [-0.3, -0.25) is 4.79 Å². The first-order valence-electron chi connectivity index (χ1n) is 4.14. The molecule has 0 saturated carbocycles. The van der Waals surface area contributed by atoms with Crippen LogP contribution in [0.1, 0.15) is 11.7 Å². The lowest BCUT2D eigenvalue weighted by Crippen LogP contribution is -2.16. The first kappa shape index (κ1) is 11.5. The van der Waals surface area contributed by atoms with Crippen LogP contribution >= 0.6 is 11.6 Å². The number of benzene rings is 1. The Bertz CT molecular complexity index is 350. The third-order valence-electron chi connectivity index (χ3n) is 1.69. The van der Waals surface area contributed by atoms with Crippen molar-refractivity contribution in [1.29, 1.82) is 0 Å². The Morgan fingerprint density at radius 3 is 2.33 bits per heavy atom. The van der Waals surface area contributed by atoms with Gasteiger partial charge < -0.3 is 9.47 Å². The molecule has 0 saturated heterocycles. The summed E-state index contributed by atoms with van der Waals surface area (Å²) < 4.78 is 8.98. The van der Waals surface area contributed by atoms with Crippen molar-refractivity contribution < 1.29 is 19.1 Å². The van der Waals surface area contributed by atoms with Gasteiger partial charge >= 0.3 is 6.16 Å². The molecule has 15 heavy (non-hydrogen) atoms. The molecule has 0 unspecified atom stereocenters. The van der Waals surface area contributed by atoms with Crippen LogP contribution in [0.15, 0.2) is 30.3 Å². The van der Waals surface area contributed by atoms with E-state index in [0.717, 1.165) is 7.11 Å². The van der Waals surface area contributed by atoms with Crippen molar-refractivity contribution in [2.45, 2.75) is 6.10 Å². The molecule has 0 aliphatic heterocycles. The van der Waals surface area contributed by atoms with Crippen LogP contribution in [0.3, 0.4) is 0 Å². The molecule has 0 radical (unpaired) electrons. The highest BCUT2D eigenvalue weighted by atomic mass is 35.5. The fraction of sp³-hybridized carbons (Fsp3) is 0.200. The summed E-state index contributed by atoms with van der Waals surface area (Å²) in [6.07, 6.45) is -2.07. The van der Waals surface area contributed by atoms with Gasteiger partial charge in [0.25, 0.3) is 5.24 Å². The van der Waals surface area contributed by atoms with Crippen LogP contribution in [-0.4, -0.2) is 18.5 Å². The predicted octanol–water partition coefficient (Wildman–Crippen LogP) is 2.28. The molecule has 1 aromatic rings. The minimum Gasteiger partial charge on any atom is -0.438 e. The van der Waals surface area contributed by atoms with Crippen LogP contribution in [0.4, 0.5) is 4.79 Å². The minimum absolute atomic E-state index is 0.503. The predicted molar refractivity (Wildman–Crippen MR) is 53.5 cm³/mol. The number of carbonyl (C=O) groups excluding carboxylic acids is 2. The molecule has 0 aliphatic carbocycles. The number of carbonyl (C=O) groups is 2. The third-order valence-corrected chi connectivity index (χ3v) is 1.89. The molecule has 0 spiro atoms. The zero-order valence-electron chi connectivity index (χ0n) is 7.98. The van der Waals surface area contributed by atoms with Crippen LogP contribution in [0.5, 0.6) is 0 Å². The number of halogens is 1. The van der Waals surface area contributed by atoms with Gasteiger partial charge in [0.2, 0.25) is 6.10 Å². The van der Waals surface area contributed by atoms with Gasteiger partial charge in [-0.25, -0.2) is 4.79 Å². The second kappa shape index (κ2) is 5.36. The maximum Gasteiger partial charge on any atom is 0.509 e. The Labute approximate surface area is 91.7 Å². The van der Waals surface area contributed by atoms with Crippen LogP contribution in [0.2, 0.25) is 0 Å². The zero-order valence-corrected chi connectivity index (χ0v) is 8.73. The largest absolute Gasteiger partial charge is 0.509 e. The Kier molecular flexibility index (Phi) is 4.12. The third kappa shape index (κ3) is 3.25. The molecule has 0 N–H and O–H groups in total. The molecule has 0 amide bonds. The summed E-state index contributed by atoms with van der Waals surface area (Å²) in [6.45, 7) is 0. The fourth-order valence-electron chi connectivity index (χ4n) is 1.02. The molecule has 5 heteroatoms. The van der Waals surface area contributed by atoms with Gasteiger partial charge in [-0.2, -0.15) is 0 Å². The first-order chi connectivity index (χ1) is 7.15. The fourth-order valence-corrected chi connectivity index (χ4v) is 1.19. The molecule has 0 aliphatic rings. The average Bonchev–Trinajstić information content (AvgIpc) is 2.26. The monoisotopic (exact) mass is 228 g/mol. The Morgan fingerprint density at radius 2 is 1.87 bits per heavy atom. The minimum atomic E-state index is -1.12. The van der Waals surface area contributed by atoms with Gasteiger partial charge in [-0.15, -0.1) is 0 Å². The van der Waals surface area contributed by atoms with E-state index in [9.17, 15) is 9.59 Å². The van der Waals surface area contributed by atoms with Crippen LogP contribution < -0.4 is 0 Å². The highest BCUT2D eigenvalue weighted by molar-refractivity contribution is 6.64. The lowest BCUT2D eigenvalue weighted by molar-refractivity contribution is -0.120. The van der Waals surface area contributed by atoms with E-state index >= 15 is 0 Å². The molecule has 0 heterocycles. The normalized spacial score (nSPS) is 11.6. The molecule has 1 atom stereocenters. The van der Waals surface area contributed by atoms with Gasteiger partial charge in [0.15, 0.2) is 0 Å². The summed E-state index contributed by atoms with van der Waals surface area (Å²) in [5, 5.41) is -0.772. The second-order valence-electron chi connectivity index (χ2n) is 2.67. The van der Waals surface area contributed by atoms with Crippen molar-refractivity contribution in [2.24, 2.45) is 0 Å².